The van der Waals surface area contributed by atoms with Crippen LogP contribution in [-0.2, 0) is 14.3 Å². The molecule has 0 radical (unpaired) electrons. The Labute approximate surface area is 143 Å². The molecule has 1 heterocycles. The smallest absolute Gasteiger partial charge is 0.309 e. The van der Waals surface area contributed by atoms with Gasteiger partial charge in [-0.25, -0.2) is 0 Å². The number of nitrogens with zero attached hydrogens (tertiary/aromatic N) is 1. The van der Waals surface area contributed by atoms with E-state index < -0.39 is 0 Å². The van der Waals surface area contributed by atoms with Gasteiger partial charge in [-0.05, 0) is 37.8 Å². The van der Waals surface area contributed by atoms with Crippen molar-refractivity contribution in [1.82, 2.24) is 4.90 Å². The van der Waals surface area contributed by atoms with Gasteiger partial charge in [0.25, 0.3) is 0 Å². The molecule has 5 nitrogen and oxygen atoms in total. The number of nitrogens with one attached hydrogen (secondary N) is 1. The van der Waals surface area contributed by atoms with Gasteiger partial charge in [-0.1, -0.05) is 24.6 Å². The predicted octanol–water partition coefficient (Wildman–Crippen LogP) is 2.68. The monoisotopic (exact) mass is 330 g/mol. The number of amides is 1. The molecule has 24 heavy (non-hydrogen) atoms. The highest BCUT2D eigenvalue weighted by atomic mass is 16.5. The zero-order valence-electron chi connectivity index (χ0n) is 14.2. The van der Waals surface area contributed by atoms with Crippen LogP contribution in [0.4, 0.5) is 5.69 Å². The minimum atomic E-state index is -0.248. The third-order valence-electron chi connectivity index (χ3n) is 5.29. The molecule has 3 rings (SSSR count). The second-order valence-electron chi connectivity index (χ2n) is 6.78. The minimum Gasteiger partial charge on any atom is -0.469 e. The SMILES string of the molecule is COC(=O)[C@@H]1CCC[C@@H]1C(=O)N1CCC(Nc2ccccc2)CC1. The van der Waals surface area contributed by atoms with E-state index in [4.69, 9.17) is 4.74 Å². The number of anilines is 1. The van der Waals surface area contributed by atoms with Gasteiger partial charge in [-0.3, -0.25) is 9.59 Å². The van der Waals surface area contributed by atoms with Crippen LogP contribution in [-0.4, -0.2) is 43.0 Å². The van der Waals surface area contributed by atoms with E-state index in [1.165, 1.54) is 7.11 Å². The summed E-state index contributed by atoms with van der Waals surface area (Å²) in [6.07, 6.45) is 4.39. The summed E-state index contributed by atoms with van der Waals surface area (Å²) in [6, 6.07) is 10.6. The first-order chi connectivity index (χ1) is 11.7. The summed E-state index contributed by atoms with van der Waals surface area (Å²) >= 11 is 0. The van der Waals surface area contributed by atoms with Crippen LogP contribution in [0.2, 0.25) is 0 Å². The molecular weight excluding hydrogens is 304 g/mol. The zero-order chi connectivity index (χ0) is 16.9. The molecule has 1 N–H and O–H groups in total. The number of hydrogen-bond donors (Lipinski definition) is 1. The molecule has 1 aromatic rings. The van der Waals surface area contributed by atoms with Crippen molar-refractivity contribution in [3.05, 3.63) is 30.3 Å². The average Bonchev–Trinajstić information content (AvgIpc) is 3.12. The van der Waals surface area contributed by atoms with Crippen molar-refractivity contribution in [3.8, 4) is 0 Å². The van der Waals surface area contributed by atoms with E-state index >= 15 is 0 Å². The molecule has 1 aliphatic heterocycles. The standard InChI is InChI=1S/C19H26N2O3/c1-24-19(23)17-9-5-8-16(17)18(22)21-12-10-15(11-13-21)20-14-6-3-2-4-7-14/h2-4,6-7,15-17,20H,5,8-13H2,1H3/t16-,17+/m0/s1. The van der Waals surface area contributed by atoms with Crippen LogP contribution in [0.3, 0.4) is 0 Å². The lowest BCUT2D eigenvalue weighted by Crippen LogP contribution is -2.46. The van der Waals surface area contributed by atoms with Crippen molar-refractivity contribution in [1.29, 1.82) is 0 Å². The molecule has 1 amide bonds. The molecule has 2 aliphatic rings. The van der Waals surface area contributed by atoms with Crippen molar-refractivity contribution in [2.75, 3.05) is 25.5 Å². The van der Waals surface area contributed by atoms with Crippen molar-refractivity contribution < 1.29 is 14.3 Å². The number of methoxy groups -OCH3 is 1. The number of piperidine rings is 1. The molecule has 2 atom stereocenters. The third kappa shape index (κ3) is 3.71. The number of hydrogen-bond acceptors (Lipinski definition) is 4. The van der Waals surface area contributed by atoms with Gasteiger partial charge < -0.3 is 15.0 Å². The largest absolute Gasteiger partial charge is 0.469 e. The quantitative estimate of drug-likeness (QED) is 0.862. The lowest BCUT2D eigenvalue weighted by atomic mass is 9.93. The number of carbonyl (C=O) groups excluding carboxylic acids is 2. The first-order valence-corrected chi connectivity index (χ1v) is 8.87. The van der Waals surface area contributed by atoms with E-state index in [1.54, 1.807) is 0 Å². The molecule has 0 aromatic heterocycles. The second kappa shape index (κ2) is 7.69. The van der Waals surface area contributed by atoms with Crippen molar-refractivity contribution in [2.45, 2.75) is 38.1 Å². The van der Waals surface area contributed by atoms with E-state index in [0.29, 0.717) is 6.04 Å². The molecular formula is C19H26N2O3. The third-order valence-corrected chi connectivity index (χ3v) is 5.29. The van der Waals surface area contributed by atoms with E-state index in [9.17, 15) is 9.59 Å². The highest BCUT2D eigenvalue weighted by molar-refractivity contribution is 5.86. The lowest BCUT2D eigenvalue weighted by molar-refractivity contribution is -0.152. The minimum absolute atomic E-state index is 0.140. The average molecular weight is 330 g/mol. The van der Waals surface area contributed by atoms with Crippen molar-refractivity contribution in [3.63, 3.8) is 0 Å². The summed E-state index contributed by atoms with van der Waals surface area (Å²) < 4.78 is 4.87. The number of para-hydroxylation sites is 1. The molecule has 130 valence electrons. The van der Waals surface area contributed by atoms with Gasteiger partial charge in [0.15, 0.2) is 0 Å². The topological polar surface area (TPSA) is 58.6 Å². The highest BCUT2D eigenvalue weighted by Gasteiger charge is 2.40. The maximum atomic E-state index is 12.8. The zero-order valence-corrected chi connectivity index (χ0v) is 14.2. The first kappa shape index (κ1) is 16.8. The Hall–Kier alpha value is -2.04. The second-order valence-corrected chi connectivity index (χ2v) is 6.78. The van der Waals surface area contributed by atoms with Gasteiger partial charge in [-0.15, -0.1) is 0 Å². The van der Waals surface area contributed by atoms with Crippen LogP contribution in [0.5, 0.6) is 0 Å². The number of carbonyl (C=O) groups is 2. The van der Waals surface area contributed by atoms with Crippen LogP contribution >= 0.6 is 0 Å². The Morgan fingerprint density at radius 3 is 2.38 bits per heavy atom. The van der Waals surface area contributed by atoms with Crippen LogP contribution in [0.1, 0.15) is 32.1 Å². The van der Waals surface area contributed by atoms with E-state index in [-0.39, 0.29) is 23.7 Å². The fraction of sp³-hybridized carbons (Fsp3) is 0.579. The van der Waals surface area contributed by atoms with Crippen molar-refractivity contribution in [2.24, 2.45) is 11.8 Å². The Morgan fingerprint density at radius 1 is 1.04 bits per heavy atom. The van der Waals surface area contributed by atoms with Gasteiger partial charge >= 0.3 is 5.97 Å². The van der Waals surface area contributed by atoms with Crippen LogP contribution in [0, 0.1) is 11.8 Å². The van der Waals surface area contributed by atoms with E-state index in [0.717, 1.165) is 50.9 Å². The number of rotatable bonds is 4. The lowest BCUT2D eigenvalue weighted by Gasteiger charge is -2.35. The summed E-state index contributed by atoms with van der Waals surface area (Å²) in [5, 5.41) is 3.53. The Balaban J connectivity index is 1.52. The summed E-state index contributed by atoms with van der Waals surface area (Å²) in [5.74, 6) is -0.522. The van der Waals surface area contributed by atoms with E-state index in [2.05, 4.69) is 17.4 Å². The van der Waals surface area contributed by atoms with Crippen molar-refractivity contribution >= 4 is 17.6 Å². The predicted molar refractivity (Wildman–Crippen MR) is 92.5 cm³/mol. The molecule has 0 unspecified atom stereocenters. The maximum Gasteiger partial charge on any atom is 0.309 e. The molecule has 5 heteroatoms. The Bertz CT molecular complexity index is 567. The van der Waals surface area contributed by atoms with Gasteiger partial charge in [0, 0.05) is 24.8 Å². The Morgan fingerprint density at radius 2 is 1.71 bits per heavy atom. The molecule has 1 aromatic carbocycles. The molecule has 1 saturated heterocycles. The Kier molecular flexibility index (Phi) is 5.38. The fourth-order valence-electron chi connectivity index (χ4n) is 3.94. The summed E-state index contributed by atoms with van der Waals surface area (Å²) in [7, 11) is 1.41. The normalized spacial score (nSPS) is 24.6. The van der Waals surface area contributed by atoms with Crippen LogP contribution < -0.4 is 5.32 Å². The fourth-order valence-corrected chi connectivity index (χ4v) is 3.94. The summed E-state index contributed by atoms with van der Waals surface area (Å²) in [4.78, 5) is 26.6. The number of ether oxygens (including phenoxy) is 1. The van der Waals surface area contributed by atoms with Gasteiger partial charge in [0.05, 0.1) is 18.9 Å². The van der Waals surface area contributed by atoms with Crippen LogP contribution in [0.25, 0.3) is 0 Å². The first-order valence-electron chi connectivity index (χ1n) is 8.87. The molecule has 2 fully saturated rings. The van der Waals surface area contributed by atoms with E-state index in [1.807, 2.05) is 23.1 Å². The van der Waals surface area contributed by atoms with Gasteiger partial charge in [0.1, 0.15) is 0 Å². The van der Waals surface area contributed by atoms with Gasteiger partial charge in [0.2, 0.25) is 5.91 Å². The summed E-state index contributed by atoms with van der Waals surface area (Å²) in [5.41, 5.74) is 1.13. The number of benzene rings is 1. The van der Waals surface area contributed by atoms with Gasteiger partial charge in [-0.2, -0.15) is 0 Å². The van der Waals surface area contributed by atoms with Crippen LogP contribution in [0.15, 0.2) is 30.3 Å². The molecule has 0 spiro atoms. The number of likely N-dealkylation sites (tertiary alicyclic amines) is 1. The summed E-state index contributed by atoms with van der Waals surface area (Å²) in [6.45, 7) is 1.52. The molecule has 1 aliphatic carbocycles. The molecule has 1 saturated carbocycles. The highest BCUT2D eigenvalue weighted by Crippen LogP contribution is 2.34. The maximum absolute atomic E-state index is 12.8. The number of esters is 1. The molecule has 0 bridgehead atoms.